The third kappa shape index (κ3) is 3.36. The van der Waals surface area contributed by atoms with Crippen LogP contribution in [-0.4, -0.2) is 61.1 Å². The highest BCUT2D eigenvalue weighted by Gasteiger charge is 2.31. The highest BCUT2D eigenvalue weighted by Crippen LogP contribution is 2.21. The van der Waals surface area contributed by atoms with Gasteiger partial charge in [0.15, 0.2) is 0 Å². The Morgan fingerprint density at radius 1 is 1.10 bits per heavy atom. The van der Waals surface area contributed by atoms with Crippen molar-refractivity contribution in [2.24, 2.45) is 0 Å². The van der Waals surface area contributed by atoms with Crippen LogP contribution in [0.3, 0.4) is 0 Å². The van der Waals surface area contributed by atoms with Gasteiger partial charge in [0, 0.05) is 13.1 Å². The van der Waals surface area contributed by atoms with Gasteiger partial charge < -0.3 is 25.7 Å². The minimum absolute atomic E-state index is 0.152. The molecule has 0 heterocycles. The molecular formula is C13H23N3O4. The van der Waals surface area contributed by atoms with Crippen molar-refractivity contribution in [1.29, 1.82) is 0 Å². The molecule has 1 aromatic rings. The van der Waals surface area contributed by atoms with Crippen LogP contribution in [0.2, 0.25) is 0 Å². The third-order valence-corrected chi connectivity index (χ3v) is 3.44. The number of hydrogen-bond donors (Lipinski definition) is 4. The van der Waals surface area contributed by atoms with Gasteiger partial charge in [-0.2, -0.15) is 0 Å². The summed E-state index contributed by atoms with van der Waals surface area (Å²) >= 11 is 0. The van der Waals surface area contributed by atoms with Crippen LogP contribution in [0.4, 0.5) is 11.4 Å². The van der Waals surface area contributed by atoms with Crippen molar-refractivity contribution in [1.82, 2.24) is 4.90 Å². The Morgan fingerprint density at radius 3 is 2.10 bits per heavy atom. The van der Waals surface area contributed by atoms with Gasteiger partial charge in [0.25, 0.3) is 10.9 Å². The Kier molecular flexibility index (Phi) is 5.67. The number of nitrogens with zero attached hydrogens (tertiary/aromatic N) is 1. The molecule has 0 fully saturated rings. The van der Waals surface area contributed by atoms with Gasteiger partial charge in [0.05, 0.1) is 18.8 Å². The van der Waals surface area contributed by atoms with Gasteiger partial charge in [-0.3, -0.25) is 9.59 Å². The van der Waals surface area contributed by atoms with Crippen molar-refractivity contribution in [2.75, 3.05) is 51.0 Å². The lowest BCUT2D eigenvalue weighted by molar-refractivity contribution is 0.132. The lowest BCUT2D eigenvalue weighted by Crippen LogP contribution is -2.50. The normalized spacial score (nSPS) is 12.1. The molecule has 0 amide bonds. The van der Waals surface area contributed by atoms with Gasteiger partial charge in [-0.15, -0.1) is 0 Å². The van der Waals surface area contributed by atoms with E-state index in [1.165, 1.54) is 0 Å². The zero-order chi connectivity index (χ0) is 15.3. The van der Waals surface area contributed by atoms with Crippen molar-refractivity contribution < 1.29 is 10.2 Å². The van der Waals surface area contributed by atoms with E-state index in [2.05, 4.69) is 10.6 Å². The van der Waals surface area contributed by atoms with E-state index in [1.54, 1.807) is 6.92 Å². The lowest BCUT2D eigenvalue weighted by Gasteiger charge is -2.32. The highest BCUT2D eigenvalue weighted by molar-refractivity contribution is 5.74. The average molecular weight is 285 g/mol. The maximum absolute atomic E-state index is 11.6. The topological polar surface area (TPSA) is 102 Å². The number of aliphatic hydroxyl groups is 2. The van der Waals surface area contributed by atoms with Crippen LogP contribution in [0.5, 0.6) is 0 Å². The van der Waals surface area contributed by atoms with Crippen molar-refractivity contribution in [3.63, 3.8) is 0 Å². The van der Waals surface area contributed by atoms with Crippen LogP contribution >= 0.6 is 0 Å². The molecule has 1 rings (SSSR count). The second-order valence-corrected chi connectivity index (χ2v) is 5.21. The summed E-state index contributed by atoms with van der Waals surface area (Å²) in [5.41, 5.74) is -1.78. The van der Waals surface area contributed by atoms with Crippen LogP contribution in [0.1, 0.15) is 13.3 Å². The summed E-state index contributed by atoms with van der Waals surface area (Å²) in [5, 5.41) is 24.5. The molecule has 0 aromatic heterocycles. The molecule has 0 aliphatic rings. The molecule has 4 N–H and O–H groups in total. The Hall–Kier alpha value is -1.44. The molecule has 0 aliphatic heterocycles. The van der Waals surface area contributed by atoms with Gasteiger partial charge in [0.2, 0.25) is 0 Å². The molecule has 0 spiro atoms. The first-order chi connectivity index (χ1) is 9.40. The first-order valence-corrected chi connectivity index (χ1v) is 6.62. The zero-order valence-electron chi connectivity index (χ0n) is 12.2. The monoisotopic (exact) mass is 285 g/mol. The fraction of sp³-hybridized carbons (Fsp3) is 0.692. The van der Waals surface area contributed by atoms with E-state index in [4.69, 9.17) is 0 Å². The standard InChI is InChI=1S/C13H23N3O4/c1-4-13(7-17,8-18)15-10-9(11(19)12(10)20)14-5-6-16(2)3/h14-15,17-18H,4-8H2,1-3H3. The summed E-state index contributed by atoms with van der Waals surface area (Å²) in [6, 6.07) is 0. The molecule has 114 valence electrons. The summed E-state index contributed by atoms with van der Waals surface area (Å²) in [5.74, 6) is 0. The van der Waals surface area contributed by atoms with E-state index >= 15 is 0 Å². The smallest absolute Gasteiger partial charge is 0.253 e. The van der Waals surface area contributed by atoms with Gasteiger partial charge in [-0.1, -0.05) is 6.92 Å². The predicted octanol–water partition coefficient (Wildman–Crippen LogP) is -1.20. The summed E-state index contributed by atoms with van der Waals surface area (Å²) in [6.45, 7) is 2.39. The lowest BCUT2D eigenvalue weighted by atomic mass is 9.97. The third-order valence-electron chi connectivity index (χ3n) is 3.44. The number of anilines is 2. The number of rotatable bonds is 9. The highest BCUT2D eigenvalue weighted by atomic mass is 16.3. The Morgan fingerprint density at radius 2 is 1.65 bits per heavy atom. The Balaban J connectivity index is 2.83. The fourth-order valence-corrected chi connectivity index (χ4v) is 1.79. The molecule has 1 aromatic carbocycles. The number of aliphatic hydroxyl groups excluding tert-OH is 2. The molecule has 0 aliphatic carbocycles. The second kappa shape index (κ2) is 6.83. The van der Waals surface area contributed by atoms with Crippen LogP contribution in [-0.2, 0) is 0 Å². The van der Waals surface area contributed by atoms with E-state index in [1.807, 2.05) is 19.0 Å². The van der Waals surface area contributed by atoms with E-state index in [0.29, 0.717) is 13.0 Å². The maximum atomic E-state index is 11.6. The predicted molar refractivity (Wildman–Crippen MR) is 79.2 cm³/mol. The first-order valence-electron chi connectivity index (χ1n) is 6.62. The van der Waals surface area contributed by atoms with Crippen LogP contribution in [0.15, 0.2) is 9.59 Å². The SMILES string of the molecule is CCC(CO)(CO)Nc1c(NCCN(C)C)c(=O)c1=O. The van der Waals surface area contributed by atoms with E-state index in [9.17, 15) is 19.8 Å². The quantitative estimate of drug-likeness (QED) is 0.423. The van der Waals surface area contributed by atoms with Crippen LogP contribution < -0.4 is 21.5 Å². The number of nitrogens with one attached hydrogen (secondary N) is 2. The number of likely N-dealkylation sites (N-methyl/N-ethyl adjacent to an activating group) is 1. The maximum Gasteiger partial charge on any atom is 0.253 e. The first kappa shape index (κ1) is 16.6. The molecular weight excluding hydrogens is 262 g/mol. The molecule has 20 heavy (non-hydrogen) atoms. The van der Waals surface area contributed by atoms with Crippen LogP contribution in [0.25, 0.3) is 0 Å². The van der Waals surface area contributed by atoms with Crippen molar-refractivity contribution in [3.8, 4) is 0 Å². The minimum atomic E-state index is -0.986. The van der Waals surface area contributed by atoms with Crippen molar-refractivity contribution in [2.45, 2.75) is 18.9 Å². The summed E-state index contributed by atoms with van der Waals surface area (Å²) in [7, 11) is 3.81. The van der Waals surface area contributed by atoms with Crippen molar-refractivity contribution in [3.05, 3.63) is 20.4 Å². The van der Waals surface area contributed by atoms with Crippen LogP contribution in [0, 0.1) is 0 Å². The fourth-order valence-electron chi connectivity index (χ4n) is 1.79. The van der Waals surface area contributed by atoms with E-state index < -0.39 is 16.4 Å². The molecule has 0 atom stereocenters. The molecule has 0 saturated heterocycles. The summed E-state index contributed by atoms with van der Waals surface area (Å²) in [6.07, 6.45) is 0.427. The van der Waals surface area contributed by atoms with Gasteiger partial charge in [0.1, 0.15) is 11.4 Å². The number of hydrogen-bond acceptors (Lipinski definition) is 7. The average Bonchev–Trinajstić information content (AvgIpc) is 2.46. The largest absolute Gasteiger partial charge is 0.394 e. The van der Waals surface area contributed by atoms with Crippen molar-refractivity contribution >= 4 is 11.4 Å². The second-order valence-electron chi connectivity index (χ2n) is 5.21. The van der Waals surface area contributed by atoms with Gasteiger partial charge >= 0.3 is 0 Å². The Labute approximate surface area is 117 Å². The molecule has 7 heteroatoms. The van der Waals surface area contributed by atoms with Gasteiger partial charge in [-0.25, -0.2) is 0 Å². The zero-order valence-corrected chi connectivity index (χ0v) is 12.2. The Bertz CT molecular complexity index is 494. The molecule has 0 radical (unpaired) electrons. The molecule has 7 nitrogen and oxygen atoms in total. The molecule has 0 unspecified atom stereocenters. The minimum Gasteiger partial charge on any atom is -0.394 e. The van der Waals surface area contributed by atoms with E-state index in [-0.39, 0.29) is 24.6 Å². The summed E-state index contributed by atoms with van der Waals surface area (Å²) in [4.78, 5) is 25.1. The van der Waals surface area contributed by atoms with Gasteiger partial charge in [-0.05, 0) is 20.5 Å². The molecule has 0 saturated carbocycles. The summed E-state index contributed by atoms with van der Waals surface area (Å²) < 4.78 is 0. The molecule has 0 bridgehead atoms. The van der Waals surface area contributed by atoms with E-state index in [0.717, 1.165) is 6.54 Å².